The van der Waals surface area contributed by atoms with Crippen LogP contribution in [0.15, 0.2) is 72.8 Å². The monoisotopic (exact) mass is 475 g/mol. The van der Waals surface area contributed by atoms with Crippen molar-refractivity contribution in [1.29, 1.82) is 0 Å². The zero-order valence-electron chi connectivity index (χ0n) is 19.7. The summed E-state index contributed by atoms with van der Waals surface area (Å²) in [6.07, 6.45) is 0.359. The summed E-state index contributed by atoms with van der Waals surface area (Å²) in [5.41, 5.74) is 1.43. The molecular formula is C26H30BN3O5. The van der Waals surface area contributed by atoms with Gasteiger partial charge in [0.25, 0.3) is 0 Å². The summed E-state index contributed by atoms with van der Waals surface area (Å²) in [7, 11) is -1.74. The molecule has 1 saturated heterocycles. The van der Waals surface area contributed by atoms with Crippen LogP contribution in [0.1, 0.15) is 43.4 Å². The van der Waals surface area contributed by atoms with Crippen molar-refractivity contribution >= 4 is 23.8 Å². The third kappa shape index (κ3) is 5.22. The zero-order chi connectivity index (χ0) is 25.1. The molecule has 0 aromatic heterocycles. The second-order valence-corrected chi connectivity index (χ2v) is 9.56. The summed E-state index contributed by atoms with van der Waals surface area (Å²) in [5.74, 6) is -2.03. The van der Waals surface area contributed by atoms with Gasteiger partial charge in [0.15, 0.2) is 0 Å². The van der Waals surface area contributed by atoms with Crippen LogP contribution in [0.3, 0.4) is 0 Å². The van der Waals surface area contributed by atoms with E-state index in [0.29, 0.717) is 12.0 Å². The molecule has 1 heterocycles. The predicted octanol–water partition coefficient (Wildman–Crippen LogP) is 2.82. The number of nitro groups is 1. The van der Waals surface area contributed by atoms with E-state index in [1.165, 1.54) is 0 Å². The Kier molecular flexibility index (Phi) is 7.49. The van der Waals surface area contributed by atoms with Crippen LogP contribution in [0.5, 0.6) is 0 Å². The molecule has 35 heavy (non-hydrogen) atoms. The molecule has 5 atom stereocenters. The second kappa shape index (κ2) is 10.6. The van der Waals surface area contributed by atoms with Crippen LogP contribution in [-0.2, 0) is 4.79 Å². The van der Waals surface area contributed by atoms with Gasteiger partial charge in [-0.1, -0.05) is 86.6 Å². The highest BCUT2D eigenvalue weighted by molar-refractivity contribution is 6.43. The first-order chi connectivity index (χ1) is 16.8. The first-order valence-electron chi connectivity index (χ1n) is 11.9. The summed E-state index contributed by atoms with van der Waals surface area (Å²) in [4.78, 5) is 25.7. The van der Waals surface area contributed by atoms with Crippen LogP contribution in [-0.4, -0.2) is 46.0 Å². The number of fused-ring (bicyclic) bond motifs is 1. The normalized spacial score (nSPS) is 22.8. The van der Waals surface area contributed by atoms with Crippen LogP contribution in [0, 0.1) is 16.0 Å². The second-order valence-electron chi connectivity index (χ2n) is 9.56. The minimum atomic E-state index is -1.74. The molecule has 0 spiro atoms. The minimum Gasteiger partial charge on any atom is -0.426 e. The average molecular weight is 475 g/mol. The van der Waals surface area contributed by atoms with Crippen molar-refractivity contribution in [3.63, 3.8) is 0 Å². The molecule has 9 heteroatoms. The van der Waals surface area contributed by atoms with E-state index in [0.717, 1.165) is 16.3 Å². The number of rotatable bonds is 8. The Morgan fingerprint density at radius 2 is 1.71 bits per heavy atom. The molecule has 1 fully saturated rings. The smallest absolute Gasteiger partial charge is 0.426 e. The highest BCUT2D eigenvalue weighted by atomic mass is 16.6. The predicted molar refractivity (Wildman–Crippen MR) is 135 cm³/mol. The molecule has 3 aromatic carbocycles. The Morgan fingerprint density at radius 3 is 2.37 bits per heavy atom. The van der Waals surface area contributed by atoms with E-state index < -0.39 is 43.0 Å². The van der Waals surface area contributed by atoms with Gasteiger partial charge in [-0.2, -0.15) is 0 Å². The van der Waals surface area contributed by atoms with Crippen molar-refractivity contribution in [2.24, 2.45) is 5.92 Å². The van der Waals surface area contributed by atoms with Gasteiger partial charge in [-0.05, 0) is 34.2 Å². The number of nitrogens with one attached hydrogen (secondary N) is 2. The molecule has 1 amide bonds. The van der Waals surface area contributed by atoms with Gasteiger partial charge in [-0.15, -0.1) is 0 Å². The fraction of sp³-hybridized carbons (Fsp3) is 0.346. The lowest BCUT2D eigenvalue weighted by Crippen LogP contribution is -2.53. The highest BCUT2D eigenvalue weighted by Gasteiger charge is 2.55. The van der Waals surface area contributed by atoms with Gasteiger partial charge in [0.05, 0.1) is 11.9 Å². The average Bonchev–Trinajstić information content (AvgIpc) is 3.24. The maximum Gasteiger partial charge on any atom is 0.475 e. The van der Waals surface area contributed by atoms with Crippen LogP contribution >= 0.6 is 0 Å². The fourth-order valence-corrected chi connectivity index (χ4v) is 5.19. The SMILES string of the molecule is CC(C)C[C@H](NC(=O)[C@@H]1N[C@H](c2cccc3ccccc23)[C@H]([N+](=O)[O-])[C@H]1c1ccccc1)B(O)O. The van der Waals surface area contributed by atoms with E-state index in [1.807, 2.05) is 62.4 Å². The van der Waals surface area contributed by atoms with Gasteiger partial charge in [0.2, 0.25) is 11.9 Å². The Labute approximate surface area is 204 Å². The Morgan fingerprint density at radius 1 is 1.06 bits per heavy atom. The van der Waals surface area contributed by atoms with Crippen molar-refractivity contribution in [3.8, 4) is 0 Å². The molecule has 0 unspecified atom stereocenters. The van der Waals surface area contributed by atoms with E-state index in [-0.39, 0.29) is 10.8 Å². The van der Waals surface area contributed by atoms with E-state index >= 15 is 0 Å². The van der Waals surface area contributed by atoms with Crippen LogP contribution < -0.4 is 10.6 Å². The maximum absolute atomic E-state index is 13.5. The topological polar surface area (TPSA) is 125 Å². The van der Waals surface area contributed by atoms with Gasteiger partial charge in [-0.25, -0.2) is 0 Å². The number of hydrogen-bond acceptors (Lipinski definition) is 6. The van der Waals surface area contributed by atoms with Crippen molar-refractivity contribution in [2.45, 2.75) is 50.3 Å². The summed E-state index contributed by atoms with van der Waals surface area (Å²) in [6.45, 7) is 3.84. The molecule has 1 aliphatic heterocycles. The Hall–Kier alpha value is -3.27. The Bertz CT molecular complexity index is 1180. The molecule has 4 N–H and O–H groups in total. The van der Waals surface area contributed by atoms with Crippen molar-refractivity contribution in [2.75, 3.05) is 0 Å². The molecule has 0 aliphatic carbocycles. The van der Waals surface area contributed by atoms with Crippen molar-refractivity contribution in [1.82, 2.24) is 10.6 Å². The molecule has 0 bridgehead atoms. The zero-order valence-corrected chi connectivity index (χ0v) is 19.7. The molecule has 182 valence electrons. The summed E-state index contributed by atoms with van der Waals surface area (Å²) < 4.78 is 0. The van der Waals surface area contributed by atoms with Gasteiger partial charge in [-0.3, -0.25) is 20.2 Å². The fourth-order valence-electron chi connectivity index (χ4n) is 5.19. The van der Waals surface area contributed by atoms with E-state index in [9.17, 15) is 25.0 Å². The molecule has 3 aromatic rings. The Balaban J connectivity index is 1.77. The van der Waals surface area contributed by atoms with Crippen molar-refractivity contribution in [3.05, 3.63) is 94.0 Å². The molecule has 0 saturated carbocycles. The van der Waals surface area contributed by atoms with Gasteiger partial charge >= 0.3 is 7.12 Å². The number of nitrogens with zero attached hydrogens (tertiary/aromatic N) is 1. The van der Waals surface area contributed by atoms with Gasteiger partial charge < -0.3 is 15.4 Å². The number of amides is 1. The quantitative estimate of drug-likeness (QED) is 0.226. The van der Waals surface area contributed by atoms with Gasteiger partial charge in [0, 0.05) is 4.92 Å². The third-order valence-electron chi connectivity index (χ3n) is 6.71. The van der Waals surface area contributed by atoms with Crippen molar-refractivity contribution < 1.29 is 19.8 Å². The molecule has 8 nitrogen and oxygen atoms in total. The first kappa shape index (κ1) is 24.8. The minimum absolute atomic E-state index is 0.110. The number of hydrogen-bond donors (Lipinski definition) is 4. The van der Waals surface area contributed by atoms with Gasteiger partial charge in [0.1, 0.15) is 12.1 Å². The highest BCUT2D eigenvalue weighted by Crippen LogP contribution is 2.42. The lowest BCUT2D eigenvalue weighted by atomic mass is 9.74. The van der Waals surface area contributed by atoms with E-state index in [2.05, 4.69) is 10.6 Å². The molecular weight excluding hydrogens is 445 g/mol. The lowest BCUT2D eigenvalue weighted by Gasteiger charge is -2.24. The third-order valence-corrected chi connectivity index (χ3v) is 6.71. The molecule has 4 rings (SSSR count). The molecule has 1 aliphatic rings. The number of carbonyl (C=O) groups excluding carboxylic acids is 1. The summed E-state index contributed by atoms with van der Waals surface area (Å²) in [5, 5.41) is 40.0. The number of benzene rings is 3. The maximum atomic E-state index is 13.5. The molecule has 0 radical (unpaired) electrons. The van der Waals surface area contributed by atoms with Crippen LogP contribution in [0.4, 0.5) is 0 Å². The van der Waals surface area contributed by atoms with Crippen LogP contribution in [0.2, 0.25) is 0 Å². The summed E-state index contributed by atoms with van der Waals surface area (Å²) >= 11 is 0. The lowest BCUT2D eigenvalue weighted by molar-refractivity contribution is -0.527. The first-order valence-corrected chi connectivity index (χ1v) is 11.9. The largest absolute Gasteiger partial charge is 0.475 e. The summed E-state index contributed by atoms with van der Waals surface area (Å²) in [6, 6.07) is 19.6. The number of carbonyl (C=O) groups is 1. The standard InChI is InChI=1S/C26H30BN3O5/c1-16(2)15-21(27(32)33)28-26(31)24-22(18-10-4-3-5-11-18)25(30(34)35)23(29-24)20-14-8-12-17-9-6-7-13-19(17)20/h3-14,16,21-25,29,32-33H,15H2,1-2H3,(H,28,31)/t21-,22-,23+,24+,25+/m0/s1. The van der Waals surface area contributed by atoms with Crippen LogP contribution in [0.25, 0.3) is 10.8 Å². The van der Waals surface area contributed by atoms with E-state index in [4.69, 9.17) is 0 Å². The van der Waals surface area contributed by atoms with E-state index in [1.54, 1.807) is 24.3 Å².